The Morgan fingerprint density at radius 3 is 1.64 bits per heavy atom. The molecule has 0 saturated heterocycles. The van der Waals surface area contributed by atoms with Crippen molar-refractivity contribution in [3.63, 3.8) is 0 Å². The van der Waals surface area contributed by atoms with Crippen molar-refractivity contribution in [2.75, 3.05) is 23.8 Å². The number of hydrazone groups is 1. The van der Waals surface area contributed by atoms with E-state index in [2.05, 4.69) is 79.5 Å². The molecular formula is C53H47BrN4O6S3. The van der Waals surface area contributed by atoms with Crippen LogP contribution in [0.3, 0.4) is 0 Å². The number of anilines is 4. The number of hydrogen-bond acceptors (Lipinski definition) is 11. The van der Waals surface area contributed by atoms with Crippen LogP contribution in [-0.4, -0.2) is 39.3 Å². The quantitative estimate of drug-likeness (QED) is 0.0690. The molecule has 0 atom stereocenters. The molecule has 0 fully saturated rings. The zero-order chi connectivity index (χ0) is 47.5. The molecule has 340 valence electrons. The van der Waals surface area contributed by atoms with Gasteiger partial charge in [0, 0.05) is 24.1 Å². The molecule has 14 heteroatoms. The molecule has 0 unspecified atom stereocenters. The Balaban J connectivity index is 0.000000161. The Bertz CT molecular complexity index is 3100. The second-order valence-corrected chi connectivity index (χ2v) is 19.7. The molecular weight excluding hydrogens is 965 g/mol. The third-order valence-corrected chi connectivity index (χ3v) is 14.2. The van der Waals surface area contributed by atoms with Crippen molar-refractivity contribution in [2.45, 2.75) is 52.2 Å². The predicted molar refractivity (Wildman–Crippen MR) is 275 cm³/mol. The fourth-order valence-corrected chi connectivity index (χ4v) is 9.89. The molecule has 0 aromatic heterocycles. The van der Waals surface area contributed by atoms with Gasteiger partial charge in [0.15, 0.2) is 0 Å². The predicted octanol–water partition coefficient (Wildman–Crippen LogP) is 13.7. The van der Waals surface area contributed by atoms with Gasteiger partial charge in [-0.05, 0) is 141 Å². The van der Waals surface area contributed by atoms with Crippen molar-refractivity contribution < 1.29 is 27.5 Å². The number of benzene rings is 7. The van der Waals surface area contributed by atoms with Crippen LogP contribution in [0.5, 0.6) is 0 Å². The maximum Gasteiger partial charge on any atom is 0.338 e. The minimum absolute atomic E-state index is 0.190. The van der Waals surface area contributed by atoms with E-state index in [1.54, 1.807) is 92.8 Å². The number of nitrogens with zero attached hydrogens (tertiary/aromatic N) is 1. The Labute approximate surface area is 408 Å². The second-order valence-electron chi connectivity index (χ2n) is 15.0. The highest BCUT2D eigenvalue weighted by Crippen LogP contribution is 2.46. The first-order valence-corrected chi connectivity index (χ1v) is 25.1. The summed E-state index contributed by atoms with van der Waals surface area (Å²) in [6.45, 7) is 12.3. The molecule has 2 aliphatic rings. The number of sulfonamides is 1. The maximum absolute atomic E-state index is 12.4. The second kappa shape index (κ2) is 22.3. The van der Waals surface area contributed by atoms with Crippen molar-refractivity contribution in [2.24, 2.45) is 5.10 Å². The fourth-order valence-electron chi connectivity index (χ4n) is 6.70. The SMILES string of the molecule is C/C(=N\NS(=O)(=O)c1ccc(C)cc1)c1ccc2c(c1)Nc1ccccc1S2.C=C(c1cccc(C(=O)OCC)c1)c1ccc2c(c1)Nc1ccccc1S2.CCOC(=O)c1cccc(Br)c1. The zero-order valence-corrected chi connectivity index (χ0v) is 41.2. The van der Waals surface area contributed by atoms with Crippen LogP contribution >= 0.6 is 39.5 Å². The molecule has 0 bridgehead atoms. The highest BCUT2D eigenvalue weighted by molar-refractivity contribution is 9.10. The van der Waals surface area contributed by atoms with Gasteiger partial charge in [0.2, 0.25) is 0 Å². The Morgan fingerprint density at radius 2 is 1.07 bits per heavy atom. The lowest BCUT2D eigenvalue weighted by Crippen LogP contribution is -2.20. The lowest BCUT2D eigenvalue weighted by Gasteiger charge is -2.21. The first kappa shape index (κ1) is 48.4. The summed E-state index contributed by atoms with van der Waals surface area (Å²) in [6.07, 6.45) is 0. The van der Waals surface area contributed by atoms with Crippen LogP contribution in [0.2, 0.25) is 0 Å². The van der Waals surface area contributed by atoms with Gasteiger partial charge < -0.3 is 20.1 Å². The van der Waals surface area contributed by atoms with Crippen LogP contribution in [0.4, 0.5) is 22.7 Å². The Kier molecular flexibility index (Phi) is 16.1. The van der Waals surface area contributed by atoms with E-state index in [1.807, 2.05) is 79.7 Å². The number of nitrogens with one attached hydrogen (secondary N) is 3. The van der Waals surface area contributed by atoms with Gasteiger partial charge in [0.05, 0.1) is 57.7 Å². The number of para-hydroxylation sites is 2. The van der Waals surface area contributed by atoms with Gasteiger partial charge in [-0.25, -0.2) is 9.59 Å². The van der Waals surface area contributed by atoms with Crippen LogP contribution < -0.4 is 15.5 Å². The van der Waals surface area contributed by atoms with Gasteiger partial charge in [-0.15, -0.1) is 0 Å². The maximum atomic E-state index is 12.4. The van der Waals surface area contributed by atoms with Crippen molar-refractivity contribution in [1.29, 1.82) is 0 Å². The van der Waals surface area contributed by atoms with Crippen molar-refractivity contribution >= 4 is 95.4 Å². The molecule has 9 rings (SSSR count). The summed E-state index contributed by atoms with van der Waals surface area (Å²) in [7, 11) is -3.69. The summed E-state index contributed by atoms with van der Waals surface area (Å²) in [5, 5.41) is 11.0. The average molecular weight is 1010 g/mol. The number of carbonyl (C=O) groups excluding carboxylic acids is 2. The van der Waals surface area contributed by atoms with Crippen LogP contribution in [0.25, 0.3) is 5.57 Å². The van der Waals surface area contributed by atoms with E-state index in [-0.39, 0.29) is 16.8 Å². The van der Waals surface area contributed by atoms with Gasteiger partial charge in [0.1, 0.15) is 0 Å². The molecule has 7 aromatic rings. The van der Waals surface area contributed by atoms with E-state index < -0.39 is 10.0 Å². The van der Waals surface area contributed by atoms with Crippen LogP contribution in [0.1, 0.15) is 63.7 Å². The molecule has 0 aliphatic carbocycles. The fraction of sp³-hybridized carbons (Fsp3) is 0.113. The molecule has 2 aliphatic heterocycles. The summed E-state index contributed by atoms with van der Waals surface area (Å²) in [5.41, 5.74) is 10.6. The first-order valence-electron chi connectivity index (χ1n) is 21.2. The summed E-state index contributed by atoms with van der Waals surface area (Å²) in [5.74, 6) is -0.592. The molecule has 10 nitrogen and oxygen atoms in total. The number of halogens is 1. The number of ether oxygens (including phenoxy) is 2. The monoisotopic (exact) mass is 1010 g/mol. The third kappa shape index (κ3) is 12.5. The van der Waals surface area contributed by atoms with Gasteiger partial charge in [0.25, 0.3) is 10.0 Å². The highest BCUT2D eigenvalue weighted by atomic mass is 79.9. The smallest absolute Gasteiger partial charge is 0.338 e. The standard InChI is InChI=1S/C23H19NO2S.C21H19N3O2S2.C9H9BrO2/c1-3-26-23(25)18-8-6-7-16(13-18)15(2)17-11-12-22-20(14-17)24-19-9-4-5-10-21(19)27-22;1-14-7-10-17(11-8-14)28(25,26)24-23-15(2)16-9-12-21-19(13-16)22-18-5-3-4-6-20(18)27-21;1-2-12-9(11)7-4-3-5-8(10)6-7/h4-14,24H,2-3H2,1H3;3-13,22,24H,1-2H3;3-6H,2H2,1H3/b;23-15+;. The van der Waals surface area contributed by atoms with E-state index in [9.17, 15) is 18.0 Å². The number of carbonyl (C=O) groups is 2. The number of fused-ring (bicyclic) bond motifs is 4. The number of esters is 2. The van der Waals surface area contributed by atoms with E-state index in [0.717, 1.165) is 59.9 Å². The molecule has 7 aromatic carbocycles. The molecule has 0 amide bonds. The molecule has 67 heavy (non-hydrogen) atoms. The summed E-state index contributed by atoms with van der Waals surface area (Å²) < 4.78 is 35.6. The summed E-state index contributed by atoms with van der Waals surface area (Å²) in [6, 6.07) is 49.8. The summed E-state index contributed by atoms with van der Waals surface area (Å²) >= 11 is 6.74. The van der Waals surface area contributed by atoms with Gasteiger partial charge in [-0.2, -0.15) is 18.4 Å². The highest BCUT2D eigenvalue weighted by Gasteiger charge is 2.19. The first-order chi connectivity index (χ1) is 32.3. The van der Waals surface area contributed by atoms with Crippen molar-refractivity contribution in [3.8, 4) is 0 Å². The van der Waals surface area contributed by atoms with Gasteiger partial charge >= 0.3 is 11.9 Å². The normalized spacial score (nSPS) is 12.0. The van der Waals surface area contributed by atoms with Crippen LogP contribution in [0, 0.1) is 6.92 Å². The molecule has 3 N–H and O–H groups in total. The summed E-state index contributed by atoms with van der Waals surface area (Å²) in [4.78, 5) is 30.4. The minimum atomic E-state index is -3.69. The van der Waals surface area contributed by atoms with Gasteiger partial charge in [-0.3, -0.25) is 0 Å². The van der Waals surface area contributed by atoms with Crippen LogP contribution in [0.15, 0.2) is 198 Å². The third-order valence-electron chi connectivity index (χ3n) is 10.2. The Morgan fingerprint density at radius 1 is 0.597 bits per heavy atom. The van der Waals surface area contributed by atoms with Gasteiger partial charge in [-0.1, -0.05) is 118 Å². The van der Waals surface area contributed by atoms with E-state index >= 15 is 0 Å². The molecule has 0 spiro atoms. The Hall–Kier alpha value is -6.58. The number of hydrogen-bond donors (Lipinski definition) is 3. The number of rotatable bonds is 10. The lowest BCUT2D eigenvalue weighted by atomic mass is 9.97. The molecule has 0 radical (unpaired) electrons. The van der Waals surface area contributed by atoms with E-state index in [4.69, 9.17) is 9.47 Å². The average Bonchev–Trinajstić information content (AvgIpc) is 3.34. The van der Waals surface area contributed by atoms with E-state index in [0.29, 0.717) is 30.1 Å². The zero-order valence-electron chi connectivity index (χ0n) is 37.1. The minimum Gasteiger partial charge on any atom is -0.462 e. The van der Waals surface area contributed by atoms with Crippen molar-refractivity contribution in [1.82, 2.24) is 4.83 Å². The molecule has 0 saturated carbocycles. The largest absolute Gasteiger partial charge is 0.462 e. The molecule has 2 heterocycles. The number of aryl methyl sites for hydroxylation is 1. The van der Waals surface area contributed by atoms with E-state index in [1.165, 1.54) is 14.7 Å². The topological polar surface area (TPSA) is 135 Å². The van der Waals surface area contributed by atoms with Crippen molar-refractivity contribution in [3.05, 3.63) is 202 Å². The lowest BCUT2D eigenvalue weighted by molar-refractivity contribution is 0.0516. The van der Waals surface area contributed by atoms with Crippen LogP contribution in [-0.2, 0) is 19.5 Å².